The van der Waals surface area contributed by atoms with Crippen LogP contribution in [0.2, 0.25) is 0 Å². The number of aromatic nitrogens is 1. The van der Waals surface area contributed by atoms with Gasteiger partial charge in [-0.3, -0.25) is 0 Å². The van der Waals surface area contributed by atoms with E-state index in [0.29, 0.717) is 0 Å². The molecule has 0 atom stereocenters. The van der Waals surface area contributed by atoms with Crippen LogP contribution in [-0.2, 0) is 6.42 Å². The molecule has 0 radical (unpaired) electrons. The first-order valence-electron chi connectivity index (χ1n) is 17.4. The van der Waals surface area contributed by atoms with E-state index in [4.69, 9.17) is 0 Å². The molecule has 0 fully saturated rings. The molecule has 0 amide bonds. The highest BCUT2D eigenvalue weighted by Crippen LogP contribution is 2.47. The van der Waals surface area contributed by atoms with Crippen LogP contribution in [0.3, 0.4) is 0 Å². The van der Waals surface area contributed by atoms with Crippen molar-refractivity contribution >= 4 is 50.5 Å². The largest absolute Gasteiger partial charge is 0.310 e. The molecule has 1 heterocycles. The second-order valence-electron chi connectivity index (χ2n) is 13.3. The van der Waals surface area contributed by atoms with Gasteiger partial charge in [0.25, 0.3) is 0 Å². The smallest absolute Gasteiger partial charge is 0.0542 e. The number of fused-ring (bicyclic) bond motifs is 7. The van der Waals surface area contributed by atoms with Gasteiger partial charge >= 0.3 is 0 Å². The Kier molecular flexibility index (Phi) is 6.50. The molecule has 0 spiro atoms. The molecular weight excluding hydrogens is 605 g/mol. The summed E-state index contributed by atoms with van der Waals surface area (Å²) in [4.78, 5) is 2.39. The fourth-order valence-corrected chi connectivity index (χ4v) is 8.17. The first kappa shape index (κ1) is 28.6. The van der Waals surface area contributed by atoms with E-state index < -0.39 is 0 Å². The van der Waals surface area contributed by atoms with Crippen molar-refractivity contribution in [3.05, 3.63) is 193 Å². The predicted molar refractivity (Wildman–Crippen MR) is 212 cm³/mol. The topological polar surface area (TPSA) is 8.17 Å². The molecular formula is C48H34N2. The normalized spacial score (nSPS) is 13.0. The summed E-state index contributed by atoms with van der Waals surface area (Å²) in [6.45, 7) is 4.54. The zero-order valence-electron chi connectivity index (χ0n) is 27.7. The summed E-state index contributed by atoms with van der Waals surface area (Å²) in [5.74, 6) is 0. The summed E-state index contributed by atoms with van der Waals surface area (Å²) in [5, 5.41) is 2.48. The second-order valence-corrected chi connectivity index (χ2v) is 13.3. The maximum absolute atomic E-state index is 4.54. The average molecular weight is 639 g/mol. The molecule has 7 aromatic carbocycles. The van der Waals surface area contributed by atoms with E-state index in [9.17, 15) is 0 Å². The van der Waals surface area contributed by atoms with Crippen molar-refractivity contribution in [3.8, 4) is 27.9 Å². The van der Waals surface area contributed by atoms with E-state index >= 15 is 0 Å². The Hall–Kier alpha value is -6.38. The Balaban J connectivity index is 1.17. The maximum atomic E-state index is 4.54. The van der Waals surface area contributed by atoms with Crippen molar-refractivity contribution < 1.29 is 0 Å². The number of aryl methyl sites for hydroxylation is 1. The van der Waals surface area contributed by atoms with Gasteiger partial charge in [0, 0.05) is 33.4 Å². The van der Waals surface area contributed by atoms with Crippen LogP contribution < -0.4 is 4.90 Å². The predicted octanol–water partition coefficient (Wildman–Crippen LogP) is 12.9. The molecule has 50 heavy (non-hydrogen) atoms. The maximum Gasteiger partial charge on any atom is 0.0542 e. The fourth-order valence-electron chi connectivity index (χ4n) is 8.17. The van der Waals surface area contributed by atoms with Crippen LogP contribution in [0.25, 0.3) is 61.4 Å². The minimum absolute atomic E-state index is 1.08. The zero-order valence-corrected chi connectivity index (χ0v) is 27.7. The van der Waals surface area contributed by atoms with Crippen molar-refractivity contribution in [3.63, 3.8) is 0 Å². The Morgan fingerprint density at radius 1 is 0.500 bits per heavy atom. The lowest BCUT2D eigenvalue weighted by Gasteiger charge is -2.27. The minimum atomic E-state index is 1.08. The van der Waals surface area contributed by atoms with E-state index in [1.165, 1.54) is 72.0 Å². The summed E-state index contributed by atoms with van der Waals surface area (Å²) in [6.07, 6.45) is 6.79. The Bertz CT molecular complexity index is 2660. The van der Waals surface area contributed by atoms with Crippen LogP contribution >= 0.6 is 0 Å². The number of anilines is 3. The van der Waals surface area contributed by atoms with Gasteiger partial charge in [-0.15, -0.1) is 0 Å². The van der Waals surface area contributed by atoms with Crippen molar-refractivity contribution in [2.45, 2.75) is 12.8 Å². The number of hydrogen-bond donors (Lipinski definition) is 0. The van der Waals surface area contributed by atoms with E-state index in [1.54, 1.807) is 0 Å². The Morgan fingerprint density at radius 3 is 2.06 bits per heavy atom. The van der Waals surface area contributed by atoms with Crippen LogP contribution in [0, 0.1) is 0 Å². The first-order valence-corrected chi connectivity index (χ1v) is 17.4. The van der Waals surface area contributed by atoms with Crippen molar-refractivity contribution in [2.75, 3.05) is 4.90 Å². The zero-order chi connectivity index (χ0) is 33.2. The standard InChI is InChI=1S/C48H34N2/c1-32-39-16-7-8-18-41(39)42-28-26-37(30-44(32)42)49(36-24-22-34(23-25-36)33-12-3-2-4-13-33)38-27-29-48-45(31-38)43-19-9-10-20-47(43)50(48)46-21-11-15-35-14-5-6-17-40(35)46/h2-4,6-13,15-31H,1,5,14H2. The molecule has 2 heteroatoms. The summed E-state index contributed by atoms with van der Waals surface area (Å²) < 4.78 is 2.46. The number of benzene rings is 7. The number of para-hydroxylation sites is 1. The molecule has 0 N–H and O–H groups in total. The highest BCUT2D eigenvalue weighted by molar-refractivity contribution is 6.11. The van der Waals surface area contributed by atoms with Gasteiger partial charge in [-0.25, -0.2) is 0 Å². The molecule has 1 aromatic heterocycles. The minimum Gasteiger partial charge on any atom is -0.310 e. The monoisotopic (exact) mass is 638 g/mol. The lowest BCUT2D eigenvalue weighted by atomic mass is 9.96. The van der Waals surface area contributed by atoms with Crippen LogP contribution in [0.5, 0.6) is 0 Å². The van der Waals surface area contributed by atoms with Crippen LogP contribution in [0.4, 0.5) is 17.1 Å². The van der Waals surface area contributed by atoms with E-state index in [2.05, 4.69) is 186 Å². The van der Waals surface area contributed by atoms with Crippen LogP contribution in [0.1, 0.15) is 28.7 Å². The van der Waals surface area contributed by atoms with Gasteiger partial charge in [-0.2, -0.15) is 0 Å². The second kappa shape index (κ2) is 11.4. The average Bonchev–Trinajstić information content (AvgIpc) is 3.66. The Morgan fingerprint density at radius 2 is 1.18 bits per heavy atom. The Labute approximate surface area is 292 Å². The van der Waals surface area contributed by atoms with Gasteiger partial charge in [0.2, 0.25) is 0 Å². The number of rotatable bonds is 5. The fraction of sp³-hybridized carbons (Fsp3) is 0.0417. The van der Waals surface area contributed by atoms with Gasteiger partial charge in [0.15, 0.2) is 0 Å². The van der Waals surface area contributed by atoms with Crippen molar-refractivity contribution in [1.29, 1.82) is 0 Å². The summed E-state index contributed by atoms with van der Waals surface area (Å²) >= 11 is 0. The van der Waals surface area contributed by atoms with E-state index in [1.807, 2.05) is 0 Å². The van der Waals surface area contributed by atoms with Crippen molar-refractivity contribution in [2.24, 2.45) is 0 Å². The third-order valence-electron chi connectivity index (χ3n) is 10.6. The quantitative estimate of drug-likeness (QED) is 0.182. The molecule has 0 unspecified atom stereocenters. The highest BCUT2D eigenvalue weighted by Gasteiger charge is 2.24. The molecule has 0 aliphatic heterocycles. The first-order chi connectivity index (χ1) is 24.7. The highest BCUT2D eigenvalue weighted by atomic mass is 15.1. The third-order valence-corrected chi connectivity index (χ3v) is 10.6. The number of allylic oxidation sites excluding steroid dienone is 1. The van der Waals surface area contributed by atoms with E-state index in [0.717, 1.165) is 35.5 Å². The third kappa shape index (κ3) is 4.42. The van der Waals surface area contributed by atoms with Crippen LogP contribution in [0.15, 0.2) is 170 Å². The summed E-state index contributed by atoms with van der Waals surface area (Å²) in [5.41, 5.74) is 18.1. The SMILES string of the molecule is C=C1c2ccccc2-c2ccc(N(c3ccc(-c4ccccc4)cc3)c3ccc4c(c3)c3ccccc3n4-c3cccc4c3C=CCC4)cc21. The molecule has 0 bridgehead atoms. The van der Waals surface area contributed by atoms with Gasteiger partial charge in [-0.05, 0) is 112 Å². The van der Waals surface area contributed by atoms with Gasteiger partial charge in [-0.1, -0.05) is 122 Å². The molecule has 2 nitrogen and oxygen atoms in total. The lowest BCUT2D eigenvalue weighted by Crippen LogP contribution is -2.10. The van der Waals surface area contributed by atoms with Crippen LogP contribution in [-0.4, -0.2) is 4.57 Å². The van der Waals surface area contributed by atoms with Gasteiger partial charge in [0.1, 0.15) is 0 Å². The molecule has 0 saturated carbocycles. The molecule has 10 rings (SSSR count). The number of hydrogen-bond acceptors (Lipinski definition) is 1. The van der Waals surface area contributed by atoms with E-state index in [-0.39, 0.29) is 0 Å². The molecule has 8 aromatic rings. The molecule has 2 aliphatic rings. The summed E-state index contributed by atoms with van der Waals surface area (Å²) in [7, 11) is 0. The number of nitrogens with zero attached hydrogens (tertiary/aromatic N) is 2. The molecule has 236 valence electrons. The van der Waals surface area contributed by atoms with Crippen molar-refractivity contribution in [1.82, 2.24) is 4.57 Å². The lowest BCUT2D eigenvalue weighted by molar-refractivity contribution is 0.977. The van der Waals surface area contributed by atoms with Gasteiger partial charge < -0.3 is 9.47 Å². The summed E-state index contributed by atoms with van der Waals surface area (Å²) in [6, 6.07) is 57.5. The molecule has 2 aliphatic carbocycles. The van der Waals surface area contributed by atoms with Gasteiger partial charge in [0.05, 0.1) is 16.7 Å². The molecule has 0 saturated heterocycles.